The number of aromatic amines is 1. The van der Waals surface area contributed by atoms with E-state index in [0.717, 1.165) is 5.52 Å². The number of aliphatic hydroxyl groups is 1. The molecule has 10 nitrogen and oxygen atoms in total. The lowest BCUT2D eigenvalue weighted by atomic mass is 10.2. The maximum absolute atomic E-state index is 12.4. The number of aliphatic hydroxyl groups excluding tert-OH is 1. The van der Waals surface area contributed by atoms with Gasteiger partial charge in [-0.15, -0.1) is 10.2 Å². The van der Waals surface area contributed by atoms with Gasteiger partial charge in [0, 0.05) is 19.4 Å². The summed E-state index contributed by atoms with van der Waals surface area (Å²) in [5, 5.41) is 19.7. The third-order valence-corrected chi connectivity index (χ3v) is 5.56. The van der Waals surface area contributed by atoms with Crippen LogP contribution in [0.1, 0.15) is 31.9 Å². The first-order valence-corrected chi connectivity index (χ1v) is 11.1. The van der Waals surface area contributed by atoms with Crippen molar-refractivity contribution in [2.75, 3.05) is 12.9 Å². The number of carbonyl (C=O) groups excluding carboxylic acids is 2. The van der Waals surface area contributed by atoms with Gasteiger partial charge in [-0.1, -0.05) is 37.7 Å². The van der Waals surface area contributed by atoms with Crippen molar-refractivity contribution in [2.24, 2.45) is 11.7 Å². The van der Waals surface area contributed by atoms with Gasteiger partial charge < -0.3 is 25.1 Å². The van der Waals surface area contributed by atoms with Crippen LogP contribution in [0.4, 0.5) is 0 Å². The highest BCUT2D eigenvalue weighted by molar-refractivity contribution is 7.99. The first-order valence-electron chi connectivity index (χ1n) is 10.1. The van der Waals surface area contributed by atoms with Crippen molar-refractivity contribution in [3.63, 3.8) is 0 Å². The molecule has 2 heterocycles. The number of amides is 1. The number of nitrogens with zero attached hydrogens (tertiary/aromatic N) is 4. The van der Waals surface area contributed by atoms with Crippen LogP contribution in [0.3, 0.4) is 0 Å². The lowest BCUT2D eigenvalue weighted by Crippen LogP contribution is -2.15. The van der Waals surface area contributed by atoms with Gasteiger partial charge in [0.1, 0.15) is 23.0 Å². The summed E-state index contributed by atoms with van der Waals surface area (Å²) in [6.45, 7) is 4.75. The monoisotopic (exact) mass is 458 g/mol. The summed E-state index contributed by atoms with van der Waals surface area (Å²) < 4.78 is 6.78. The van der Waals surface area contributed by atoms with E-state index in [-0.39, 0.29) is 29.3 Å². The van der Waals surface area contributed by atoms with Crippen LogP contribution in [-0.4, -0.2) is 54.6 Å². The summed E-state index contributed by atoms with van der Waals surface area (Å²) in [4.78, 5) is 31.0. The van der Waals surface area contributed by atoms with E-state index in [0.29, 0.717) is 35.4 Å². The van der Waals surface area contributed by atoms with Gasteiger partial charge in [-0.3, -0.25) is 4.79 Å². The Morgan fingerprint density at radius 2 is 2.03 bits per heavy atom. The molecule has 0 aliphatic rings. The number of hydrogen-bond acceptors (Lipinski definition) is 8. The van der Waals surface area contributed by atoms with E-state index in [1.54, 1.807) is 6.07 Å². The third kappa shape index (κ3) is 5.47. The second-order valence-electron chi connectivity index (χ2n) is 7.57. The maximum Gasteiger partial charge on any atom is 0.345 e. The van der Waals surface area contributed by atoms with Crippen molar-refractivity contribution in [3.8, 4) is 0 Å². The highest BCUT2D eigenvalue weighted by Gasteiger charge is 2.23. The van der Waals surface area contributed by atoms with Gasteiger partial charge in [-0.05, 0) is 18.1 Å². The summed E-state index contributed by atoms with van der Waals surface area (Å²) in [7, 11) is 1.25. The van der Waals surface area contributed by atoms with Crippen molar-refractivity contribution < 1.29 is 19.4 Å². The number of para-hydroxylation sites is 2. The van der Waals surface area contributed by atoms with Gasteiger partial charge >= 0.3 is 5.97 Å². The summed E-state index contributed by atoms with van der Waals surface area (Å²) in [6, 6.07) is 7.31. The Morgan fingerprint density at radius 1 is 1.28 bits per heavy atom. The molecule has 32 heavy (non-hydrogen) atoms. The van der Waals surface area contributed by atoms with E-state index >= 15 is 0 Å². The molecule has 0 saturated heterocycles. The minimum Gasteiger partial charge on any atom is -0.510 e. The van der Waals surface area contributed by atoms with Gasteiger partial charge in [-0.2, -0.15) is 0 Å². The van der Waals surface area contributed by atoms with Crippen molar-refractivity contribution in [2.45, 2.75) is 38.4 Å². The van der Waals surface area contributed by atoms with Crippen molar-refractivity contribution in [3.05, 3.63) is 41.7 Å². The Hall–Kier alpha value is -3.34. The van der Waals surface area contributed by atoms with Gasteiger partial charge in [-0.25, -0.2) is 9.78 Å². The molecule has 1 amide bonds. The lowest BCUT2D eigenvalue weighted by molar-refractivity contribution is -0.133. The van der Waals surface area contributed by atoms with Gasteiger partial charge in [0.05, 0.1) is 23.9 Å². The number of ether oxygens (including phenoxy) is 1. The predicted molar refractivity (Wildman–Crippen MR) is 121 cm³/mol. The van der Waals surface area contributed by atoms with Crippen LogP contribution < -0.4 is 5.73 Å². The lowest BCUT2D eigenvalue weighted by Gasteiger charge is -2.12. The Kier molecular flexibility index (Phi) is 7.52. The standard InChI is InChI=1S/C21H26N6O4S/c1-12(2)10-27-17(9-8-16(22)29)25-26-21(27)32-11-15(28)18(20(30)31-3)19-23-13-6-4-5-7-14(13)24-19/h4-7,12,28H,8-11H2,1-3H3,(H2,22,29)(H,23,24)/b18-15+. The number of aryl methyl sites for hydroxylation is 1. The van der Waals surface area contributed by atoms with Crippen molar-refractivity contribution >= 4 is 40.2 Å². The molecule has 2 aromatic heterocycles. The molecule has 0 unspecified atom stereocenters. The second-order valence-corrected chi connectivity index (χ2v) is 8.52. The number of thioether (sulfide) groups is 1. The van der Waals surface area contributed by atoms with E-state index in [9.17, 15) is 14.7 Å². The first-order chi connectivity index (χ1) is 15.3. The van der Waals surface area contributed by atoms with Crippen LogP contribution in [0, 0.1) is 5.92 Å². The topological polar surface area (TPSA) is 149 Å². The molecule has 0 saturated carbocycles. The van der Waals surface area contributed by atoms with Gasteiger partial charge in [0.25, 0.3) is 0 Å². The highest BCUT2D eigenvalue weighted by Crippen LogP contribution is 2.26. The molecule has 1 aromatic carbocycles. The SMILES string of the molecule is COC(=O)/C(=C(/O)CSc1nnc(CCC(N)=O)n1CC(C)C)c1nc2ccccc2[nH]1. The van der Waals surface area contributed by atoms with E-state index in [1.165, 1.54) is 18.9 Å². The van der Waals surface area contributed by atoms with E-state index in [4.69, 9.17) is 10.5 Å². The Labute approximate surface area is 189 Å². The minimum absolute atomic E-state index is 0.0416. The zero-order chi connectivity index (χ0) is 23.3. The van der Waals surface area contributed by atoms with Crippen molar-refractivity contribution in [1.82, 2.24) is 24.7 Å². The largest absolute Gasteiger partial charge is 0.510 e. The normalized spacial score (nSPS) is 12.2. The number of fused-ring (bicyclic) bond motifs is 1. The number of nitrogens with one attached hydrogen (secondary N) is 1. The zero-order valence-electron chi connectivity index (χ0n) is 18.2. The number of carbonyl (C=O) groups is 2. The van der Waals surface area contributed by atoms with Crippen LogP contribution in [0.15, 0.2) is 35.2 Å². The van der Waals surface area contributed by atoms with Crippen LogP contribution >= 0.6 is 11.8 Å². The first kappa shape index (κ1) is 23.3. The van der Waals surface area contributed by atoms with E-state index < -0.39 is 11.9 Å². The Balaban J connectivity index is 1.88. The number of benzene rings is 1. The Bertz CT molecular complexity index is 1120. The van der Waals surface area contributed by atoms with Crippen LogP contribution in [-0.2, 0) is 27.3 Å². The molecule has 0 radical (unpaired) electrons. The number of hydrogen-bond donors (Lipinski definition) is 3. The number of primary amides is 1. The molecule has 0 aliphatic carbocycles. The number of methoxy groups -OCH3 is 1. The predicted octanol–water partition coefficient (Wildman–Crippen LogP) is 2.46. The van der Waals surface area contributed by atoms with Gasteiger partial charge in [0.2, 0.25) is 5.91 Å². The maximum atomic E-state index is 12.4. The smallest absolute Gasteiger partial charge is 0.345 e. The molecule has 0 atom stereocenters. The average Bonchev–Trinajstić information content (AvgIpc) is 3.34. The number of esters is 1. The fourth-order valence-electron chi connectivity index (χ4n) is 3.12. The summed E-state index contributed by atoms with van der Waals surface area (Å²) >= 11 is 1.23. The zero-order valence-corrected chi connectivity index (χ0v) is 19.0. The number of H-pyrrole nitrogens is 1. The molecular weight excluding hydrogens is 432 g/mol. The molecular formula is C21H26N6O4S. The molecule has 0 bridgehead atoms. The molecule has 170 valence electrons. The molecule has 4 N–H and O–H groups in total. The molecule has 0 aliphatic heterocycles. The number of aromatic nitrogens is 5. The highest BCUT2D eigenvalue weighted by atomic mass is 32.2. The van der Waals surface area contributed by atoms with Crippen molar-refractivity contribution in [1.29, 1.82) is 0 Å². The minimum atomic E-state index is -0.701. The Morgan fingerprint density at radius 3 is 2.69 bits per heavy atom. The van der Waals surface area contributed by atoms with Crippen LogP contribution in [0.25, 0.3) is 16.6 Å². The fourth-order valence-corrected chi connectivity index (χ4v) is 3.97. The third-order valence-electron chi connectivity index (χ3n) is 4.58. The van der Waals surface area contributed by atoms with E-state index in [1.807, 2.05) is 22.8 Å². The molecule has 0 spiro atoms. The summed E-state index contributed by atoms with van der Waals surface area (Å²) in [5.41, 5.74) is 6.62. The summed E-state index contributed by atoms with van der Waals surface area (Å²) in [6.07, 6.45) is 0.550. The molecule has 0 fully saturated rings. The fraction of sp³-hybridized carbons (Fsp3) is 0.381. The van der Waals surface area contributed by atoms with Crippen LogP contribution in [0.2, 0.25) is 0 Å². The summed E-state index contributed by atoms with van der Waals surface area (Å²) in [5.74, 6) is -0.0778. The van der Waals surface area contributed by atoms with Gasteiger partial charge in [0.15, 0.2) is 5.16 Å². The van der Waals surface area contributed by atoms with Crippen LogP contribution in [0.5, 0.6) is 0 Å². The number of imidazole rings is 1. The average molecular weight is 459 g/mol. The molecule has 11 heteroatoms. The van der Waals surface area contributed by atoms with E-state index in [2.05, 4.69) is 34.0 Å². The number of nitrogens with two attached hydrogens (primary N) is 1. The quantitative estimate of drug-likeness (QED) is 0.181. The second kappa shape index (κ2) is 10.3. The molecule has 3 aromatic rings. The number of rotatable bonds is 10. The molecule has 3 rings (SSSR count).